The Morgan fingerprint density at radius 2 is 1.52 bits per heavy atom. The normalized spacial score (nSPS) is 14.3. The molecule has 1 aliphatic rings. The lowest BCUT2D eigenvalue weighted by Gasteiger charge is -2.00. The van der Waals surface area contributed by atoms with Crippen molar-refractivity contribution in [2.75, 3.05) is 0 Å². The zero-order chi connectivity index (χ0) is 16.8. The van der Waals surface area contributed by atoms with Crippen molar-refractivity contribution in [3.63, 3.8) is 0 Å². The Kier molecular flexibility index (Phi) is 10.7. The highest BCUT2D eigenvalue weighted by molar-refractivity contribution is 5.89. The van der Waals surface area contributed by atoms with Crippen LogP contribution in [0.25, 0.3) is 0 Å². The predicted molar refractivity (Wildman–Crippen MR) is 95.0 cm³/mol. The van der Waals surface area contributed by atoms with Crippen molar-refractivity contribution in [3.8, 4) is 0 Å². The number of carboxylic acids is 1. The molecule has 1 rings (SSSR count). The van der Waals surface area contributed by atoms with Gasteiger partial charge in [0.25, 0.3) is 5.76 Å². The van der Waals surface area contributed by atoms with Crippen molar-refractivity contribution in [3.05, 3.63) is 48.0 Å². The molecule has 0 amide bonds. The van der Waals surface area contributed by atoms with Crippen molar-refractivity contribution in [2.24, 2.45) is 0 Å². The standard InChI is InChI=1S/C20H30O3/c1-2-3-4-5-6-7-8-9-10-11-12-13-14-15-16-17-18-19(23-18)20(21)22/h12-17H,2-11H2,1H3,(H,21,22). The molecule has 3 nitrogen and oxygen atoms in total. The average Bonchev–Trinajstić information content (AvgIpc) is 3.31. The zero-order valence-electron chi connectivity index (χ0n) is 14.3. The van der Waals surface area contributed by atoms with Gasteiger partial charge in [0.2, 0.25) is 0 Å². The Morgan fingerprint density at radius 3 is 2.13 bits per heavy atom. The van der Waals surface area contributed by atoms with E-state index in [-0.39, 0.29) is 5.76 Å². The molecule has 3 heteroatoms. The van der Waals surface area contributed by atoms with E-state index in [1.165, 1.54) is 57.8 Å². The van der Waals surface area contributed by atoms with E-state index in [0.717, 1.165) is 6.42 Å². The number of unbranched alkanes of at least 4 members (excludes halogenated alkanes) is 9. The quantitative estimate of drug-likeness (QED) is 0.320. The molecule has 0 saturated carbocycles. The molecular formula is C20H30O3. The molecule has 1 heterocycles. The summed E-state index contributed by atoms with van der Waals surface area (Å²) in [7, 11) is 0. The van der Waals surface area contributed by atoms with Crippen molar-refractivity contribution < 1.29 is 14.6 Å². The third-order valence-corrected chi connectivity index (χ3v) is 3.78. The van der Waals surface area contributed by atoms with Gasteiger partial charge in [-0.3, -0.25) is 0 Å². The first kappa shape index (κ1) is 19.3. The molecule has 0 aromatic heterocycles. The van der Waals surface area contributed by atoms with Crippen LogP contribution >= 0.6 is 0 Å². The van der Waals surface area contributed by atoms with Gasteiger partial charge in [0.1, 0.15) is 0 Å². The van der Waals surface area contributed by atoms with E-state index in [1.54, 1.807) is 12.2 Å². The van der Waals surface area contributed by atoms with E-state index in [4.69, 9.17) is 9.84 Å². The maximum atomic E-state index is 10.5. The van der Waals surface area contributed by atoms with Gasteiger partial charge in [0.15, 0.2) is 5.76 Å². The number of carboxylic acid groups (broad SMARTS) is 1. The molecule has 0 radical (unpaired) electrons. The van der Waals surface area contributed by atoms with Gasteiger partial charge < -0.3 is 9.84 Å². The van der Waals surface area contributed by atoms with Crippen LogP contribution in [0.4, 0.5) is 0 Å². The van der Waals surface area contributed by atoms with E-state index in [0.29, 0.717) is 5.76 Å². The number of allylic oxidation sites excluding steroid dienone is 6. The minimum atomic E-state index is -1.01. The number of hydrogen-bond acceptors (Lipinski definition) is 2. The fourth-order valence-electron chi connectivity index (χ4n) is 2.36. The summed E-state index contributed by atoms with van der Waals surface area (Å²) in [5.41, 5.74) is 0. The smallest absolute Gasteiger partial charge is 0.375 e. The fraction of sp³-hybridized carbons (Fsp3) is 0.550. The lowest BCUT2D eigenvalue weighted by molar-refractivity contribution is -0.133. The number of carbonyl (C=O) groups is 1. The van der Waals surface area contributed by atoms with Crippen LogP contribution < -0.4 is 0 Å². The van der Waals surface area contributed by atoms with E-state index in [2.05, 4.69) is 13.0 Å². The number of rotatable bonds is 14. The largest absolute Gasteiger partial charge is 0.475 e. The van der Waals surface area contributed by atoms with Gasteiger partial charge in [-0.1, -0.05) is 88.7 Å². The van der Waals surface area contributed by atoms with Crippen LogP contribution in [0.2, 0.25) is 0 Å². The monoisotopic (exact) mass is 318 g/mol. The van der Waals surface area contributed by atoms with Crippen LogP contribution in [-0.4, -0.2) is 11.1 Å². The average molecular weight is 318 g/mol. The summed E-state index contributed by atoms with van der Waals surface area (Å²) >= 11 is 0. The molecular weight excluding hydrogens is 288 g/mol. The molecule has 0 aromatic rings. The van der Waals surface area contributed by atoms with Crippen LogP contribution in [0, 0.1) is 0 Å². The first-order valence-corrected chi connectivity index (χ1v) is 8.91. The Hall–Kier alpha value is -1.77. The van der Waals surface area contributed by atoms with Crippen LogP contribution in [0.3, 0.4) is 0 Å². The molecule has 0 saturated heterocycles. The second kappa shape index (κ2) is 12.7. The summed E-state index contributed by atoms with van der Waals surface area (Å²) in [6.07, 6.45) is 24.9. The zero-order valence-corrected chi connectivity index (χ0v) is 14.3. The van der Waals surface area contributed by atoms with Crippen molar-refractivity contribution in [1.29, 1.82) is 0 Å². The highest BCUT2D eigenvalue weighted by atomic mass is 16.6. The Labute approximate surface area is 140 Å². The van der Waals surface area contributed by atoms with Gasteiger partial charge >= 0.3 is 5.97 Å². The van der Waals surface area contributed by atoms with E-state index in [9.17, 15) is 4.79 Å². The highest BCUT2D eigenvalue weighted by Gasteiger charge is 2.29. The number of ether oxygens (including phenoxy) is 1. The van der Waals surface area contributed by atoms with Crippen LogP contribution in [0.15, 0.2) is 48.0 Å². The first-order chi connectivity index (χ1) is 11.3. The van der Waals surface area contributed by atoms with Gasteiger partial charge in [-0.15, -0.1) is 0 Å². The third kappa shape index (κ3) is 10.6. The lowest BCUT2D eigenvalue weighted by atomic mass is 10.1. The van der Waals surface area contributed by atoms with Gasteiger partial charge in [0, 0.05) is 0 Å². The SMILES string of the molecule is CCCCCCCCCCCC=CC=CC=CC1=C(C(=O)O)O1. The lowest BCUT2D eigenvalue weighted by Crippen LogP contribution is -1.88. The molecule has 0 bridgehead atoms. The Bertz CT molecular complexity index is 456. The van der Waals surface area contributed by atoms with Gasteiger partial charge in [-0.05, 0) is 18.9 Å². The van der Waals surface area contributed by atoms with Gasteiger partial charge in [0.05, 0.1) is 0 Å². The summed E-state index contributed by atoms with van der Waals surface area (Å²) in [5, 5.41) is 8.60. The Morgan fingerprint density at radius 1 is 0.913 bits per heavy atom. The first-order valence-electron chi connectivity index (χ1n) is 8.91. The van der Waals surface area contributed by atoms with E-state index >= 15 is 0 Å². The Balaban J connectivity index is 1.90. The topological polar surface area (TPSA) is 49.8 Å². The van der Waals surface area contributed by atoms with Crippen molar-refractivity contribution in [1.82, 2.24) is 0 Å². The number of hydrogen-bond donors (Lipinski definition) is 1. The van der Waals surface area contributed by atoms with E-state index < -0.39 is 5.97 Å². The van der Waals surface area contributed by atoms with Gasteiger partial charge in [-0.25, -0.2) is 4.79 Å². The molecule has 128 valence electrons. The van der Waals surface area contributed by atoms with E-state index in [1.807, 2.05) is 18.2 Å². The molecule has 0 fully saturated rings. The molecule has 0 aliphatic carbocycles. The molecule has 1 N–H and O–H groups in total. The summed E-state index contributed by atoms with van der Waals surface area (Å²) in [6, 6.07) is 0. The summed E-state index contributed by atoms with van der Waals surface area (Å²) in [5.74, 6) is -0.508. The highest BCUT2D eigenvalue weighted by Crippen LogP contribution is 2.26. The van der Waals surface area contributed by atoms with Crippen LogP contribution in [-0.2, 0) is 9.53 Å². The maximum absolute atomic E-state index is 10.5. The summed E-state index contributed by atoms with van der Waals surface area (Å²) in [4.78, 5) is 10.5. The molecule has 0 atom stereocenters. The van der Waals surface area contributed by atoms with Crippen molar-refractivity contribution >= 4 is 5.97 Å². The molecule has 0 spiro atoms. The van der Waals surface area contributed by atoms with Gasteiger partial charge in [-0.2, -0.15) is 0 Å². The minimum absolute atomic E-state index is 0.0514. The molecule has 0 aromatic carbocycles. The molecule has 0 unspecified atom stereocenters. The summed E-state index contributed by atoms with van der Waals surface area (Å²) in [6.45, 7) is 2.26. The summed E-state index contributed by atoms with van der Waals surface area (Å²) < 4.78 is 4.79. The second-order valence-electron chi connectivity index (χ2n) is 5.89. The predicted octanol–water partition coefficient (Wildman–Crippen LogP) is 5.90. The fourth-order valence-corrected chi connectivity index (χ4v) is 2.36. The van der Waals surface area contributed by atoms with Crippen molar-refractivity contribution in [2.45, 2.75) is 71.1 Å². The van der Waals surface area contributed by atoms with Crippen LogP contribution in [0.1, 0.15) is 71.1 Å². The molecule has 23 heavy (non-hydrogen) atoms. The number of aliphatic carboxylic acids is 1. The molecule has 1 aliphatic heterocycles. The minimum Gasteiger partial charge on any atom is -0.475 e. The second-order valence-corrected chi connectivity index (χ2v) is 5.89. The maximum Gasteiger partial charge on any atom is 0.375 e. The van der Waals surface area contributed by atoms with Crippen LogP contribution in [0.5, 0.6) is 0 Å². The third-order valence-electron chi connectivity index (χ3n) is 3.78.